The molecule has 0 spiro atoms. The Hall–Kier alpha value is -0.840. The third-order valence-electron chi connectivity index (χ3n) is 2.33. The van der Waals surface area contributed by atoms with Crippen LogP contribution in [-0.2, 0) is 11.3 Å². The molecule has 0 saturated heterocycles. The highest BCUT2D eigenvalue weighted by Gasteiger charge is 2.08. The van der Waals surface area contributed by atoms with E-state index in [4.69, 9.17) is 21.1 Å². The largest absolute Gasteiger partial charge is 0.472 e. The van der Waals surface area contributed by atoms with Gasteiger partial charge in [0.25, 0.3) is 0 Å². The lowest BCUT2D eigenvalue weighted by atomic mass is 10.2. The summed E-state index contributed by atoms with van der Waals surface area (Å²) in [5.41, 5.74) is 0.986. The molecule has 0 aromatic carbocycles. The molecule has 1 heterocycles. The number of methoxy groups -OCH3 is 1. The standard InChI is InChI=1S/C13H21ClN2O2/c1-9(2)15-6-11-5-13(16-7-12(11)14)18-10(3)8-17-4/h5,7,9-10,15H,6,8H2,1-4H3. The minimum atomic E-state index is -0.0328. The van der Waals surface area contributed by atoms with Gasteiger partial charge in [0.2, 0.25) is 5.88 Å². The molecule has 1 unspecified atom stereocenters. The third kappa shape index (κ3) is 5.21. The van der Waals surface area contributed by atoms with E-state index in [-0.39, 0.29) is 6.10 Å². The molecule has 18 heavy (non-hydrogen) atoms. The summed E-state index contributed by atoms with van der Waals surface area (Å²) in [7, 11) is 1.65. The van der Waals surface area contributed by atoms with Crippen molar-refractivity contribution in [1.29, 1.82) is 0 Å². The molecule has 1 aromatic rings. The molecule has 0 saturated carbocycles. The molecule has 5 heteroatoms. The third-order valence-corrected chi connectivity index (χ3v) is 2.67. The fourth-order valence-electron chi connectivity index (χ4n) is 1.45. The molecular formula is C13H21ClN2O2. The minimum Gasteiger partial charge on any atom is -0.472 e. The fourth-order valence-corrected chi connectivity index (χ4v) is 1.62. The molecule has 0 aliphatic rings. The Kier molecular flexibility index (Phi) is 6.39. The van der Waals surface area contributed by atoms with Crippen molar-refractivity contribution in [2.75, 3.05) is 13.7 Å². The van der Waals surface area contributed by atoms with Crippen LogP contribution in [0.25, 0.3) is 0 Å². The van der Waals surface area contributed by atoms with Gasteiger partial charge in [0.15, 0.2) is 0 Å². The van der Waals surface area contributed by atoms with Crippen molar-refractivity contribution in [1.82, 2.24) is 10.3 Å². The van der Waals surface area contributed by atoms with Gasteiger partial charge in [-0.1, -0.05) is 25.4 Å². The highest BCUT2D eigenvalue weighted by molar-refractivity contribution is 6.31. The Labute approximate surface area is 114 Å². The number of nitrogens with zero attached hydrogens (tertiary/aromatic N) is 1. The van der Waals surface area contributed by atoms with Gasteiger partial charge in [-0.15, -0.1) is 0 Å². The maximum atomic E-state index is 6.09. The second-order valence-corrected chi connectivity index (χ2v) is 4.94. The molecule has 1 aromatic heterocycles. The van der Waals surface area contributed by atoms with Crippen molar-refractivity contribution in [2.24, 2.45) is 0 Å². The Bertz CT molecular complexity index is 372. The smallest absolute Gasteiger partial charge is 0.213 e. The van der Waals surface area contributed by atoms with Crippen molar-refractivity contribution in [3.63, 3.8) is 0 Å². The predicted octanol–water partition coefficient (Wildman–Crippen LogP) is 2.65. The zero-order chi connectivity index (χ0) is 13.5. The Balaban J connectivity index is 2.67. The van der Waals surface area contributed by atoms with Crippen LogP contribution in [0.1, 0.15) is 26.3 Å². The zero-order valence-electron chi connectivity index (χ0n) is 11.4. The van der Waals surface area contributed by atoms with E-state index in [9.17, 15) is 0 Å². The SMILES string of the molecule is COCC(C)Oc1cc(CNC(C)C)c(Cl)cn1. The Morgan fingerprint density at radius 3 is 2.72 bits per heavy atom. The Morgan fingerprint density at radius 2 is 2.11 bits per heavy atom. The molecule has 0 radical (unpaired) electrons. The van der Waals surface area contributed by atoms with Crippen LogP contribution in [0.15, 0.2) is 12.3 Å². The highest BCUT2D eigenvalue weighted by atomic mass is 35.5. The van der Waals surface area contributed by atoms with Gasteiger partial charge in [-0.3, -0.25) is 0 Å². The number of aromatic nitrogens is 1. The average molecular weight is 273 g/mol. The molecule has 0 aliphatic carbocycles. The van der Waals surface area contributed by atoms with Crippen LogP contribution < -0.4 is 10.1 Å². The lowest BCUT2D eigenvalue weighted by molar-refractivity contribution is 0.0889. The first-order valence-corrected chi connectivity index (χ1v) is 6.44. The van der Waals surface area contributed by atoms with E-state index < -0.39 is 0 Å². The molecule has 0 aliphatic heterocycles. The van der Waals surface area contributed by atoms with Crippen LogP contribution in [0.3, 0.4) is 0 Å². The Morgan fingerprint density at radius 1 is 1.39 bits per heavy atom. The van der Waals surface area contributed by atoms with Crippen LogP contribution in [0, 0.1) is 0 Å². The molecule has 0 amide bonds. The number of hydrogen-bond donors (Lipinski definition) is 1. The first kappa shape index (κ1) is 15.2. The van der Waals surface area contributed by atoms with Crippen LogP contribution in [0.5, 0.6) is 5.88 Å². The van der Waals surface area contributed by atoms with Crippen molar-refractivity contribution in [3.8, 4) is 5.88 Å². The van der Waals surface area contributed by atoms with Crippen LogP contribution in [-0.4, -0.2) is 30.8 Å². The van der Waals surface area contributed by atoms with Crippen molar-refractivity contribution in [3.05, 3.63) is 22.8 Å². The molecule has 102 valence electrons. The maximum Gasteiger partial charge on any atom is 0.213 e. The zero-order valence-corrected chi connectivity index (χ0v) is 12.1. The van der Waals surface area contributed by atoms with E-state index in [1.807, 2.05) is 13.0 Å². The highest BCUT2D eigenvalue weighted by Crippen LogP contribution is 2.20. The number of nitrogens with one attached hydrogen (secondary N) is 1. The summed E-state index contributed by atoms with van der Waals surface area (Å²) < 4.78 is 10.7. The summed E-state index contributed by atoms with van der Waals surface area (Å²) in [6, 6.07) is 2.27. The fraction of sp³-hybridized carbons (Fsp3) is 0.615. The molecule has 0 fully saturated rings. The first-order valence-electron chi connectivity index (χ1n) is 6.06. The van der Waals surface area contributed by atoms with Gasteiger partial charge in [0.1, 0.15) is 6.10 Å². The monoisotopic (exact) mass is 272 g/mol. The van der Waals surface area contributed by atoms with E-state index in [1.165, 1.54) is 0 Å². The van der Waals surface area contributed by atoms with Crippen LogP contribution in [0.4, 0.5) is 0 Å². The number of pyridine rings is 1. The lowest BCUT2D eigenvalue weighted by Gasteiger charge is -2.15. The summed E-state index contributed by atoms with van der Waals surface area (Å²) >= 11 is 6.09. The van der Waals surface area contributed by atoms with Crippen LogP contribution in [0.2, 0.25) is 5.02 Å². The van der Waals surface area contributed by atoms with Crippen molar-refractivity contribution >= 4 is 11.6 Å². The van der Waals surface area contributed by atoms with Gasteiger partial charge < -0.3 is 14.8 Å². The second-order valence-electron chi connectivity index (χ2n) is 4.53. The average Bonchev–Trinajstić information content (AvgIpc) is 2.30. The van der Waals surface area contributed by atoms with Gasteiger partial charge in [0, 0.05) is 32.0 Å². The van der Waals surface area contributed by atoms with Crippen molar-refractivity contribution < 1.29 is 9.47 Å². The van der Waals surface area contributed by atoms with Gasteiger partial charge in [-0.25, -0.2) is 4.98 Å². The summed E-state index contributed by atoms with van der Waals surface area (Å²) in [6.07, 6.45) is 1.59. The van der Waals surface area contributed by atoms with Crippen LogP contribution >= 0.6 is 11.6 Å². The molecular weight excluding hydrogens is 252 g/mol. The number of hydrogen-bond acceptors (Lipinski definition) is 4. The van der Waals surface area contributed by atoms with Gasteiger partial charge >= 0.3 is 0 Å². The normalized spacial score (nSPS) is 12.8. The maximum absolute atomic E-state index is 6.09. The first-order chi connectivity index (χ1) is 8.52. The van der Waals surface area contributed by atoms with Gasteiger partial charge in [0.05, 0.1) is 11.6 Å². The molecule has 1 rings (SSSR count). The minimum absolute atomic E-state index is 0.0328. The number of rotatable bonds is 7. The topological polar surface area (TPSA) is 43.4 Å². The van der Waals surface area contributed by atoms with Gasteiger partial charge in [-0.2, -0.15) is 0 Å². The molecule has 1 atom stereocenters. The summed E-state index contributed by atoms with van der Waals surface area (Å²) in [6.45, 7) is 7.35. The second kappa shape index (κ2) is 7.56. The summed E-state index contributed by atoms with van der Waals surface area (Å²) in [4.78, 5) is 4.15. The van der Waals surface area contributed by atoms with Gasteiger partial charge in [-0.05, 0) is 12.5 Å². The predicted molar refractivity (Wildman–Crippen MR) is 73.2 cm³/mol. The van der Waals surface area contributed by atoms with E-state index in [2.05, 4.69) is 24.1 Å². The van der Waals surface area contributed by atoms with E-state index in [0.29, 0.717) is 30.1 Å². The van der Waals surface area contributed by atoms with Crippen molar-refractivity contribution in [2.45, 2.75) is 39.5 Å². The summed E-state index contributed by atoms with van der Waals surface area (Å²) in [5.74, 6) is 0.574. The molecule has 0 bridgehead atoms. The molecule has 1 N–H and O–H groups in total. The number of ether oxygens (including phenoxy) is 2. The molecule has 4 nitrogen and oxygen atoms in total. The van der Waals surface area contributed by atoms with E-state index in [0.717, 1.165) is 5.56 Å². The summed E-state index contributed by atoms with van der Waals surface area (Å²) in [5, 5.41) is 3.96. The quantitative estimate of drug-likeness (QED) is 0.829. The van der Waals surface area contributed by atoms with E-state index in [1.54, 1.807) is 13.3 Å². The number of halogens is 1. The van der Waals surface area contributed by atoms with E-state index >= 15 is 0 Å². The lowest BCUT2D eigenvalue weighted by Crippen LogP contribution is -2.22.